The summed E-state index contributed by atoms with van der Waals surface area (Å²) in [7, 11) is 0. The smallest absolute Gasteiger partial charge is 0.126 e. The van der Waals surface area contributed by atoms with E-state index in [1.54, 1.807) is 6.92 Å². The standard InChI is InChI=1S/C13H19FN2O/c1-10-7-12(3-4-13(10)14)15-5-6-16(9-17)11(2)8-15/h3-4,7,11,17H,5-6,8-9H2,1-2H3/t11-/m1/s1. The van der Waals surface area contributed by atoms with Crippen LogP contribution in [0.3, 0.4) is 0 Å². The van der Waals surface area contributed by atoms with E-state index >= 15 is 0 Å². The van der Waals surface area contributed by atoms with Gasteiger partial charge in [-0.15, -0.1) is 0 Å². The molecule has 3 nitrogen and oxygen atoms in total. The van der Waals surface area contributed by atoms with Crippen LogP contribution in [0.2, 0.25) is 0 Å². The minimum absolute atomic E-state index is 0.109. The zero-order valence-corrected chi connectivity index (χ0v) is 10.4. The summed E-state index contributed by atoms with van der Waals surface area (Å²) in [6.45, 7) is 6.57. The van der Waals surface area contributed by atoms with Crippen LogP contribution in [0.1, 0.15) is 12.5 Å². The van der Waals surface area contributed by atoms with Gasteiger partial charge in [0.15, 0.2) is 0 Å². The molecule has 0 unspecified atom stereocenters. The normalized spacial score (nSPS) is 21.9. The number of aliphatic hydroxyl groups is 1. The van der Waals surface area contributed by atoms with Crippen LogP contribution in [0.4, 0.5) is 10.1 Å². The molecule has 0 radical (unpaired) electrons. The van der Waals surface area contributed by atoms with Gasteiger partial charge in [-0.1, -0.05) is 0 Å². The van der Waals surface area contributed by atoms with Gasteiger partial charge in [0.25, 0.3) is 0 Å². The first kappa shape index (κ1) is 12.3. The lowest BCUT2D eigenvalue weighted by atomic mass is 10.1. The third-order valence-corrected chi connectivity index (χ3v) is 3.45. The number of hydrogen-bond acceptors (Lipinski definition) is 3. The topological polar surface area (TPSA) is 26.7 Å². The molecular weight excluding hydrogens is 219 g/mol. The van der Waals surface area contributed by atoms with Gasteiger partial charge in [-0.25, -0.2) is 4.39 Å². The summed E-state index contributed by atoms with van der Waals surface area (Å²) in [5.41, 5.74) is 1.74. The highest BCUT2D eigenvalue weighted by atomic mass is 19.1. The van der Waals surface area contributed by atoms with Gasteiger partial charge >= 0.3 is 0 Å². The quantitative estimate of drug-likeness (QED) is 0.847. The third-order valence-electron chi connectivity index (χ3n) is 3.45. The molecule has 17 heavy (non-hydrogen) atoms. The molecule has 0 bridgehead atoms. The summed E-state index contributed by atoms with van der Waals surface area (Å²) >= 11 is 0. The molecule has 0 spiro atoms. The van der Waals surface area contributed by atoms with Crippen LogP contribution >= 0.6 is 0 Å². The summed E-state index contributed by atoms with van der Waals surface area (Å²) in [6.07, 6.45) is 0. The molecule has 0 amide bonds. The Morgan fingerprint density at radius 2 is 2.18 bits per heavy atom. The number of nitrogens with zero attached hydrogens (tertiary/aromatic N) is 2. The molecule has 1 aromatic rings. The van der Waals surface area contributed by atoms with Gasteiger partial charge in [-0.3, -0.25) is 4.90 Å². The van der Waals surface area contributed by atoms with Crippen LogP contribution in [-0.4, -0.2) is 42.4 Å². The number of aliphatic hydroxyl groups excluding tert-OH is 1. The zero-order valence-electron chi connectivity index (χ0n) is 10.4. The average molecular weight is 238 g/mol. The summed E-state index contributed by atoms with van der Waals surface area (Å²) in [6, 6.07) is 5.55. The van der Waals surface area contributed by atoms with Crippen molar-refractivity contribution in [2.45, 2.75) is 19.9 Å². The highest BCUT2D eigenvalue weighted by Crippen LogP contribution is 2.21. The maximum atomic E-state index is 13.2. The van der Waals surface area contributed by atoms with Crippen molar-refractivity contribution in [3.05, 3.63) is 29.6 Å². The van der Waals surface area contributed by atoms with Crippen LogP contribution in [0, 0.1) is 12.7 Å². The molecule has 0 saturated carbocycles. The third kappa shape index (κ3) is 2.58. The van der Waals surface area contributed by atoms with E-state index in [1.807, 2.05) is 17.0 Å². The van der Waals surface area contributed by atoms with Crippen molar-refractivity contribution in [1.29, 1.82) is 0 Å². The van der Waals surface area contributed by atoms with E-state index in [-0.39, 0.29) is 12.5 Å². The number of benzene rings is 1. The predicted molar refractivity (Wildman–Crippen MR) is 66.6 cm³/mol. The van der Waals surface area contributed by atoms with E-state index in [0.29, 0.717) is 11.6 Å². The Hall–Kier alpha value is -1.13. The predicted octanol–water partition coefficient (Wildman–Crippen LogP) is 1.59. The molecule has 1 aliphatic rings. The zero-order chi connectivity index (χ0) is 12.4. The van der Waals surface area contributed by atoms with Crippen molar-refractivity contribution in [3.8, 4) is 0 Å². The number of halogens is 1. The lowest BCUT2D eigenvalue weighted by Crippen LogP contribution is -2.52. The second kappa shape index (κ2) is 5.02. The van der Waals surface area contributed by atoms with Crippen LogP contribution < -0.4 is 4.90 Å². The second-order valence-electron chi connectivity index (χ2n) is 4.68. The van der Waals surface area contributed by atoms with Gasteiger partial charge in [0.2, 0.25) is 0 Å². The fraction of sp³-hybridized carbons (Fsp3) is 0.538. The van der Waals surface area contributed by atoms with Crippen molar-refractivity contribution in [3.63, 3.8) is 0 Å². The Kier molecular flexibility index (Phi) is 3.64. The van der Waals surface area contributed by atoms with E-state index in [0.717, 1.165) is 25.3 Å². The Labute approximate surface area is 101 Å². The van der Waals surface area contributed by atoms with Crippen molar-refractivity contribution < 1.29 is 9.50 Å². The van der Waals surface area contributed by atoms with Crippen LogP contribution in [0.15, 0.2) is 18.2 Å². The number of piperazine rings is 1. The van der Waals surface area contributed by atoms with Gasteiger partial charge in [-0.05, 0) is 37.6 Å². The SMILES string of the molecule is Cc1cc(N2CCN(CO)[C@H](C)C2)ccc1F. The van der Waals surface area contributed by atoms with Crippen molar-refractivity contribution in [2.75, 3.05) is 31.3 Å². The molecular formula is C13H19FN2O. The Bertz CT molecular complexity index is 397. The summed E-state index contributed by atoms with van der Waals surface area (Å²) in [5.74, 6) is -0.157. The Morgan fingerprint density at radius 1 is 1.41 bits per heavy atom. The van der Waals surface area contributed by atoms with Gasteiger partial charge < -0.3 is 10.0 Å². The molecule has 1 saturated heterocycles. The lowest BCUT2D eigenvalue weighted by Gasteiger charge is -2.40. The minimum Gasteiger partial charge on any atom is -0.381 e. The summed E-state index contributed by atoms with van der Waals surface area (Å²) in [5, 5.41) is 9.16. The number of hydrogen-bond donors (Lipinski definition) is 1. The highest BCUT2D eigenvalue weighted by molar-refractivity contribution is 5.49. The van der Waals surface area contributed by atoms with Crippen LogP contribution in [0.5, 0.6) is 0 Å². The van der Waals surface area contributed by atoms with Crippen molar-refractivity contribution >= 4 is 5.69 Å². The Balaban J connectivity index is 2.11. The maximum Gasteiger partial charge on any atom is 0.126 e. The molecule has 1 aromatic carbocycles. The van der Waals surface area contributed by atoms with Crippen molar-refractivity contribution in [2.24, 2.45) is 0 Å². The van der Waals surface area contributed by atoms with E-state index < -0.39 is 0 Å². The lowest BCUT2D eigenvalue weighted by molar-refractivity contribution is 0.0664. The van der Waals surface area contributed by atoms with Gasteiger partial charge in [0.05, 0.1) is 6.73 Å². The van der Waals surface area contributed by atoms with Crippen molar-refractivity contribution in [1.82, 2.24) is 4.90 Å². The average Bonchev–Trinajstić information content (AvgIpc) is 2.32. The molecule has 1 N–H and O–H groups in total. The Morgan fingerprint density at radius 3 is 2.76 bits per heavy atom. The van der Waals surface area contributed by atoms with E-state index in [2.05, 4.69) is 11.8 Å². The maximum absolute atomic E-state index is 13.2. The molecule has 1 fully saturated rings. The highest BCUT2D eigenvalue weighted by Gasteiger charge is 2.23. The molecule has 0 aromatic heterocycles. The van der Waals surface area contributed by atoms with Gasteiger partial charge in [0.1, 0.15) is 5.82 Å². The first-order valence-electron chi connectivity index (χ1n) is 5.98. The molecule has 1 heterocycles. The molecule has 4 heteroatoms. The fourth-order valence-electron chi connectivity index (χ4n) is 2.27. The monoisotopic (exact) mass is 238 g/mol. The number of rotatable bonds is 2. The molecule has 1 aliphatic heterocycles. The van der Waals surface area contributed by atoms with Crippen LogP contribution in [-0.2, 0) is 0 Å². The van der Waals surface area contributed by atoms with E-state index in [1.165, 1.54) is 6.07 Å². The molecule has 1 atom stereocenters. The number of aryl methyl sites for hydroxylation is 1. The molecule has 94 valence electrons. The first-order chi connectivity index (χ1) is 8.11. The minimum atomic E-state index is -0.157. The first-order valence-corrected chi connectivity index (χ1v) is 5.98. The van der Waals surface area contributed by atoms with Gasteiger partial charge in [0, 0.05) is 31.4 Å². The molecule has 2 rings (SSSR count). The van der Waals surface area contributed by atoms with E-state index in [9.17, 15) is 4.39 Å². The van der Waals surface area contributed by atoms with E-state index in [4.69, 9.17) is 5.11 Å². The molecule has 0 aliphatic carbocycles. The second-order valence-corrected chi connectivity index (χ2v) is 4.68. The number of anilines is 1. The fourth-order valence-corrected chi connectivity index (χ4v) is 2.27. The van der Waals surface area contributed by atoms with Gasteiger partial charge in [-0.2, -0.15) is 0 Å². The largest absolute Gasteiger partial charge is 0.381 e. The summed E-state index contributed by atoms with van der Waals surface area (Å²) in [4.78, 5) is 4.27. The van der Waals surface area contributed by atoms with Crippen LogP contribution in [0.25, 0.3) is 0 Å². The summed E-state index contributed by atoms with van der Waals surface area (Å²) < 4.78 is 13.2.